The van der Waals surface area contributed by atoms with E-state index in [2.05, 4.69) is 10.2 Å². The van der Waals surface area contributed by atoms with Crippen molar-refractivity contribution < 1.29 is 0 Å². The fourth-order valence-electron chi connectivity index (χ4n) is 1.35. The van der Waals surface area contributed by atoms with Crippen molar-refractivity contribution in [3.8, 4) is 11.3 Å². The van der Waals surface area contributed by atoms with Crippen LogP contribution in [0, 0.1) is 0 Å². The largest absolute Gasteiger partial charge is 0.335 e. The average molecular weight is 217 g/mol. The number of nitrogen functional groups attached to an aromatic ring is 1. The Morgan fingerprint density at radius 1 is 1.19 bits per heavy atom. The second kappa shape index (κ2) is 4.11. The van der Waals surface area contributed by atoms with Crippen LogP contribution in [0.4, 0.5) is 0 Å². The lowest BCUT2D eigenvalue weighted by atomic mass is 10.2. The van der Waals surface area contributed by atoms with Crippen LogP contribution in [-0.4, -0.2) is 14.9 Å². The van der Waals surface area contributed by atoms with Crippen LogP contribution in [0.1, 0.15) is 5.82 Å². The Labute approximate surface area is 91.5 Å². The topological polar surface area (TPSA) is 99.8 Å². The number of nitrogens with two attached hydrogens (primary N) is 2. The monoisotopic (exact) mass is 217 g/mol. The zero-order valence-corrected chi connectivity index (χ0v) is 8.50. The van der Waals surface area contributed by atoms with Gasteiger partial charge in [0.15, 0.2) is 11.5 Å². The van der Waals surface area contributed by atoms with E-state index in [9.17, 15) is 4.79 Å². The first-order chi connectivity index (χ1) is 7.74. The van der Waals surface area contributed by atoms with Crippen LogP contribution in [0.25, 0.3) is 11.3 Å². The van der Waals surface area contributed by atoms with Crippen LogP contribution in [0.2, 0.25) is 0 Å². The van der Waals surface area contributed by atoms with Crippen LogP contribution < -0.4 is 17.1 Å². The Morgan fingerprint density at radius 3 is 2.50 bits per heavy atom. The number of nitrogens with zero attached hydrogens (tertiary/aromatic N) is 3. The van der Waals surface area contributed by atoms with Crippen molar-refractivity contribution in [3.63, 3.8) is 0 Å². The molecule has 1 aromatic heterocycles. The van der Waals surface area contributed by atoms with Crippen LogP contribution in [0.15, 0.2) is 35.1 Å². The van der Waals surface area contributed by atoms with Gasteiger partial charge in [-0.15, -0.1) is 10.2 Å². The van der Waals surface area contributed by atoms with Crippen LogP contribution in [0.5, 0.6) is 0 Å². The fourth-order valence-corrected chi connectivity index (χ4v) is 1.35. The van der Waals surface area contributed by atoms with Gasteiger partial charge in [-0.05, 0) is 0 Å². The van der Waals surface area contributed by atoms with E-state index in [0.29, 0.717) is 5.56 Å². The Morgan fingerprint density at radius 2 is 1.88 bits per heavy atom. The average Bonchev–Trinajstić information content (AvgIpc) is 2.34. The smallest absolute Gasteiger partial charge is 0.298 e. The first kappa shape index (κ1) is 10.3. The zero-order valence-electron chi connectivity index (χ0n) is 8.50. The molecule has 0 radical (unpaired) electrons. The summed E-state index contributed by atoms with van der Waals surface area (Å²) in [7, 11) is 0. The highest BCUT2D eigenvalue weighted by molar-refractivity contribution is 5.57. The standard InChI is InChI=1S/C10H11N5O/c11-6-8-13-14-9(10(16)15(8)12)7-4-2-1-3-5-7/h1-5H,6,11-12H2. The molecule has 0 unspecified atom stereocenters. The van der Waals surface area contributed by atoms with Gasteiger partial charge in [-0.25, -0.2) is 4.68 Å². The number of aromatic nitrogens is 3. The van der Waals surface area contributed by atoms with E-state index in [-0.39, 0.29) is 18.1 Å². The van der Waals surface area contributed by atoms with E-state index in [1.54, 1.807) is 12.1 Å². The molecule has 4 N–H and O–H groups in total. The van der Waals surface area contributed by atoms with Gasteiger partial charge in [0.1, 0.15) is 0 Å². The Bertz CT molecular complexity index is 549. The van der Waals surface area contributed by atoms with Gasteiger partial charge in [-0.1, -0.05) is 30.3 Å². The summed E-state index contributed by atoms with van der Waals surface area (Å²) in [5.74, 6) is 5.81. The van der Waals surface area contributed by atoms with Crippen LogP contribution in [0.3, 0.4) is 0 Å². The number of hydrogen-bond acceptors (Lipinski definition) is 5. The Balaban J connectivity index is 2.61. The highest BCUT2D eigenvalue weighted by Crippen LogP contribution is 2.10. The molecule has 2 aromatic rings. The lowest BCUT2D eigenvalue weighted by Crippen LogP contribution is -2.34. The van der Waals surface area contributed by atoms with Crippen molar-refractivity contribution in [2.24, 2.45) is 5.73 Å². The second-order valence-electron chi connectivity index (χ2n) is 3.21. The molecule has 0 atom stereocenters. The molecule has 0 fully saturated rings. The highest BCUT2D eigenvalue weighted by atomic mass is 16.1. The summed E-state index contributed by atoms with van der Waals surface area (Å²) in [5, 5.41) is 7.63. The van der Waals surface area contributed by atoms with E-state index < -0.39 is 5.56 Å². The van der Waals surface area contributed by atoms with E-state index in [4.69, 9.17) is 11.6 Å². The van der Waals surface area contributed by atoms with Gasteiger partial charge < -0.3 is 11.6 Å². The molecule has 0 spiro atoms. The predicted molar refractivity (Wildman–Crippen MR) is 59.8 cm³/mol. The molecule has 6 heteroatoms. The molecule has 1 heterocycles. The molecule has 0 aliphatic heterocycles. The first-order valence-corrected chi connectivity index (χ1v) is 4.73. The minimum Gasteiger partial charge on any atom is -0.335 e. The molecule has 1 aromatic carbocycles. The van der Waals surface area contributed by atoms with Gasteiger partial charge in [0.2, 0.25) is 0 Å². The van der Waals surface area contributed by atoms with Crippen molar-refractivity contribution in [1.82, 2.24) is 14.9 Å². The molecule has 0 bridgehead atoms. The maximum Gasteiger partial charge on any atom is 0.298 e. The maximum atomic E-state index is 11.8. The third kappa shape index (κ3) is 1.66. The lowest BCUT2D eigenvalue weighted by Gasteiger charge is -2.05. The molecule has 0 saturated heterocycles. The fraction of sp³-hybridized carbons (Fsp3) is 0.100. The SMILES string of the molecule is NCc1nnc(-c2ccccc2)c(=O)n1N. The quantitative estimate of drug-likeness (QED) is 0.659. The van der Waals surface area contributed by atoms with E-state index in [1.165, 1.54) is 0 Å². The molecular formula is C10H11N5O. The van der Waals surface area contributed by atoms with Crippen molar-refractivity contribution in [2.75, 3.05) is 5.84 Å². The van der Waals surface area contributed by atoms with Gasteiger partial charge in [0.05, 0.1) is 6.54 Å². The van der Waals surface area contributed by atoms with Crippen LogP contribution >= 0.6 is 0 Å². The van der Waals surface area contributed by atoms with Crippen molar-refractivity contribution in [2.45, 2.75) is 6.54 Å². The molecule has 0 saturated carbocycles. The molecule has 16 heavy (non-hydrogen) atoms. The van der Waals surface area contributed by atoms with Crippen molar-refractivity contribution >= 4 is 0 Å². The van der Waals surface area contributed by atoms with Gasteiger partial charge in [0.25, 0.3) is 5.56 Å². The summed E-state index contributed by atoms with van der Waals surface area (Å²) < 4.78 is 0.926. The second-order valence-corrected chi connectivity index (χ2v) is 3.21. The number of hydrogen-bond donors (Lipinski definition) is 2. The lowest BCUT2D eigenvalue weighted by molar-refractivity contribution is 0.724. The summed E-state index contributed by atoms with van der Waals surface area (Å²) in [6, 6.07) is 9.02. The number of rotatable bonds is 2. The van der Waals surface area contributed by atoms with Gasteiger partial charge in [-0.2, -0.15) is 0 Å². The number of benzene rings is 1. The highest BCUT2D eigenvalue weighted by Gasteiger charge is 2.10. The van der Waals surface area contributed by atoms with Gasteiger partial charge in [0, 0.05) is 5.56 Å². The third-order valence-corrected chi connectivity index (χ3v) is 2.19. The minimum absolute atomic E-state index is 0.0772. The summed E-state index contributed by atoms with van der Waals surface area (Å²) >= 11 is 0. The van der Waals surface area contributed by atoms with Crippen molar-refractivity contribution in [1.29, 1.82) is 0 Å². The molecule has 0 aliphatic carbocycles. The summed E-state index contributed by atoms with van der Waals surface area (Å²) in [4.78, 5) is 11.8. The van der Waals surface area contributed by atoms with Crippen LogP contribution in [-0.2, 0) is 6.54 Å². The maximum absolute atomic E-state index is 11.8. The van der Waals surface area contributed by atoms with Gasteiger partial charge in [-0.3, -0.25) is 4.79 Å². The molecule has 6 nitrogen and oxygen atoms in total. The Hall–Kier alpha value is -2.21. The molecular weight excluding hydrogens is 206 g/mol. The molecule has 2 rings (SSSR count). The van der Waals surface area contributed by atoms with Gasteiger partial charge >= 0.3 is 0 Å². The molecule has 0 aliphatic rings. The summed E-state index contributed by atoms with van der Waals surface area (Å²) in [6.07, 6.45) is 0. The van der Waals surface area contributed by atoms with E-state index in [0.717, 1.165) is 4.68 Å². The van der Waals surface area contributed by atoms with Crippen molar-refractivity contribution in [3.05, 3.63) is 46.5 Å². The first-order valence-electron chi connectivity index (χ1n) is 4.73. The normalized spacial score (nSPS) is 10.3. The third-order valence-electron chi connectivity index (χ3n) is 2.19. The molecule has 0 amide bonds. The zero-order chi connectivity index (χ0) is 11.5. The van der Waals surface area contributed by atoms with E-state index >= 15 is 0 Å². The minimum atomic E-state index is -0.401. The summed E-state index contributed by atoms with van der Waals surface area (Å²) in [6.45, 7) is 0.0772. The van der Waals surface area contributed by atoms with E-state index in [1.807, 2.05) is 18.2 Å². The predicted octanol–water partition coefficient (Wildman–Crippen LogP) is -0.522. The summed E-state index contributed by atoms with van der Waals surface area (Å²) in [5.41, 5.74) is 5.87. The Kier molecular flexibility index (Phi) is 2.65. The molecule has 82 valence electrons.